The summed E-state index contributed by atoms with van der Waals surface area (Å²) >= 11 is 0. The molecular weight excluding hydrogens is 282 g/mol. The Bertz CT molecular complexity index is 682. The quantitative estimate of drug-likeness (QED) is 0.909. The summed E-state index contributed by atoms with van der Waals surface area (Å²) in [5.41, 5.74) is 3.45. The molecule has 1 aliphatic heterocycles. The van der Waals surface area contributed by atoms with Gasteiger partial charge in [0.05, 0.1) is 30.2 Å². The van der Waals surface area contributed by atoms with Gasteiger partial charge in [0, 0.05) is 31.4 Å². The largest absolute Gasteiger partial charge is 0.375 e. The van der Waals surface area contributed by atoms with E-state index in [-0.39, 0.29) is 11.8 Å². The van der Waals surface area contributed by atoms with Gasteiger partial charge in [-0.25, -0.2) is 4.68 Å². The summed E-state index contributed by atoms with van der Waals surface area (Å²) in [7, 11) is 0. The van der Waals surface area contributed by atoms with E-state index < -0.39 is 0 Å². The third-order valence-electron chi connectivity index (χ3n) is 3.74. The van der Waals surface area contributed by atoms with Gasteiger partial charge in [0.2, 0.25) is 0 Å². The average molecular weight is 301 g/mol. The Balaban J connectivity index is 1.61. The van der Waals surface area contributed by atoms with Crippen molar-refractivity contribution in [3.8, 4) is 0 Å². The van der Waals surface area contributed by atoms with Crippen LogP contribution in [0.5, 0.6) is 0 Å². The van der Waals surface area contributed by atoms with E-state index in [0.29, 0.717) is 31.9 Å². The van der Waals surface area contributed by atoms with Gasteiger partial charge in [-0.1, -0.05) is 5.21 Å². The highest BCUT2D eigenvalue weighted by Crippen LogP contribution is 2.14. The van der Waals surface area contributed by atoms with Crippen LogP contribution in [0.15, 0.2) is 18.5 Å². The van der Waals surface area contributed by atoms with Crippen LogP contribution in [-0.2, 0) is 17.9 Å². The van der Waals surface area contributed by atoms with Crippen molar-refractivity contribution in [3.63, 3.8) is 0 Å². The molecule has 1 amide bonds. The number of hydrogen-bond donors (Lipinski definition) is 1. The molecule has 3 heterocycles. The number of nitrogens with one attached hydrogen (secondary N) is 1. The minimum Gasteiger partial charge on any atom is -0.375 e. The van der Waals surface area contributed by atoms with Crippen LogP contribution in [0.1, 0.15) is 27.3 Å². The maximum atomic E-state index is 12.1. The maximum Gasteiger partial charge on any atom is 0.252 e. The summed E-state index contributed by atoms with van der Waals surface area (Å²) in [4.78, 5) is 16.2. The molecule has 116 valence electrons. The van der Waals surface area contributed by atoms with E-state index in [2.05, 4.69) is 20.6 Å². The Kier molecular flexibility index (Phi) is 4.15. The predicted octanol–water partition coefficient (Wildman–Crippen LogP) is 0.866. The first-order valence-corrected chi connectivity index (χ1v) is 7.30. The molecule has 0 saturated carbocycles. The van der Waals surface area contributed by atoms with Gasteiger partial charge in [-0.05, 0) is 25.5 Å². The third kappa shape index (κ3) is 3.14. The highest BCUT2D eigenvalue weighted by atomic mass is 16.5. The Hall–Kier alpha value is -2.28. The Labute approximate surface area is 128 Å². The molecule has 0 bridgehead atoms. The lowest BCUT2D eigenvalue weighted by molar-refractivity contribution is 0.0850. The third-order valence-corrected chi connectivity index (χ3v) is 3.74. The van der Waals surface area contributed by atoms with Crippen LogP contribution in [0, 0.1) is 19.8 Å². The van der Waals surface area contributed by atoms with Crippen LogP contribution in [-0.4, -0.2) is 39.0 Å². The molecule has 0 aliphatic carbocycles. The Morgan fingerprint density at radius 1 is 1.45 bits per heavy atom. The molecule has 7 heteroatoms. The molecule has 3 rings (SSSR count). The first-order valence-electron chi connectivity index (χ1n) is 7.30. The summed E-state index contributed by atoms with van der Waals surface area (Å²) in [6.07, 6.45) is 3.30. The Morgan fingerprint density at radius 3 is 3.14 bits per heavy atom. The molecule has 2 aromatic heterocycles. The number of pyridine rings is 1. The van der Waals surface area contributed by atoms with Gasteiger partial charge in [-0.15, -0.1) is 5.10 Å². The summed E-state index contributed by atoms with van der Waals surface area (Å²) < 4.78 is 7.53. The van der Waals surface area contributed by atoms with Crippen molar-refractivity contribution in [1.82, 2.24) is 25.3 Å². The van der Waals surface area contributed by atoms with Gasteiger partial charge in [0.1, 0.15) is 0 Å². The highest BCUT2D eigenvalue weighted by Gasteiger charge is 2.20. The first kappa shape index (κ1) is 14.6. The lowest BCUT2D eigenvalue weighted by Gasteiger charge is -2.14. The lowest BCUT2D eigenvalue weighted by Crippen LogP contribution is -2.33. The van der Waals surface area contributed by atoms with Crippen LogP contribution in [0.4, 0.5) is 0 Å². The molecule has 1 aliphatic rings. The van der Waals surface area contributed by atoms with Gasteiger partial charge >= 0.3 is 0 Å². The molecular formula is C15H19N5O2. The molecule has 7 nitrogen and oxygen atoms in total. The molecule has 1 unspecified atom stereocenters. The summed E-state index contributed by atoms with van der Waals surface area (Å²) in [6.45, 7) is 6.18. The number of hydrogen-bond acceptors (Lipinski definition) is 5. The fourth-order valence-electron chi connectivity index (χ4n) is 2.51. The van der Waals surface area contributed by atoms with E-state index in [1.54, 1.807) is 12.4 Å². The van der Waals surface area contributed by atoms with Crippen LogP contribution >= 0.6 is 0 Å². The molecule has 0 aromatic carbocycles. The number of carbonyl (C=O) groups is 1. The van der Waals surface area contributed by atoms with Gasteiger partial charge in [0.25, 0.3) is 5.91 Å². The second kappa shape index (κ2) is 6.23. The molecule has 22 heavy (non-hydrogen) atoms. The first-order chi connectivity index (χ1) is 10.6. The van der Waals surface area contributed by atoms with E-state index in [0.717, 1.165) is 17.0 Å². The number of rotatable bonds is 3. The van der Waals surface area contributed by atoms with Crippen molar-refractivity contribution >= 4 is 5.91 Å². The molecule has 0 saturated heterocycles. The van der Waals surface area contributed by atoms with E-state index in [9.17, 15) is 4.79 Å². The minimum absolute atomic E-state index is 0.115. The Morgan fingerprint density at radius 2 is 2.32 bits per heavy atom. The SMILES string of the molecule is Cc1cncc(C(=O)NCC2COCc3c(C)nnn3C2)c1. The monoisotopic (exact) mass is 301 g/mol. The minimum atomic E-state index is -0.115. The van der Waals surface area contributed by atoms with Crippen molar-refractivity contribution in [2.24, 2.45) is 5.92 Å². The van der Waals surface area contributed by atoms with Crippen molar-refractivity contribution in [2.45, 2.75) is 27.0 Å². The molecule has 0 spiro atoms. The van der Waals surface area contributed by atoms with Crippen molar-refractivity contribution < 1.29 is 9.53 Å². The molecule has 1 atom stereocenters. The maximum absolute atomic E-state index is 12.1. The van der Waals surface area contributed by atoms with E-state index in [1.807, 2.05) is 24.6 Å². The zero-order valence-electron chi connectivity index (χ0n) is 12.7. The zero-order chi connectivity index (χ0) is 15.5. The fourth-order valence-corrected chi connectivity index (χ4v) is 2.51. The number of carbonyl (C=O) groups excluding carboxylic acids is 1. The standard InChI is InChI=1S/C15H19N5O2/c1-10-3-13(6-16-4-10)15(21)17-5-12-7-20-14(9-22-8-12)11(2)18-19-20/h3-4,6,12H,5,7-9H2,1-2H3,(H,17,21). The van der Waals surface area contributed by atoms with Crippen molar-refractivity contribution in [1.29, 1.82) is 0 Å². The van der Waals surface area contributed by atoms with Crippen LogP contribution in [0.25, 0.3) is 0 Å². The van der Waals surface area contributed by atoms with Crippen LogP contribution in [0.3, 0.4) is 0 Å². The lowest BCUT2D eigenvalue weighted by atomic mass is 10.1. The molecule has 0 fully saturated rings. The number of aromatic nitrogens is 4. The number of ether oxygens (including phenoxy) is 1. The fraction of sp³-hybridized carbons (Fsp3) is 0.467. The summed E-state index contributed by atoms with van der Waals surface area (Å²) in [5, 5.41) is 11.1. The molecule has 2 aromatic rings. The highest BCUT2D eigenvalue weighted by molar-refractivity contribution is 5.93. The van der Waals surface area contributed by atoms with Gasteiger partial charge < -0.3 is 10.1 Å². The topological polar surface area (TPSA) is 81.9 Å². The number of fused-ring (bicyclic) bond motifs is 1. The summed E-state index contributed by atoms with van der Waals surface area (Å²) in [5.74, 6) is 0.0551. The second-order valence-electron chi connectivity index (χ2n) is 5.65. The smallest absolute Gasteiger partial charge is 0.252 e. The average Bonchev–Trinajstić information content (AvgIpc) is 2.73. The zero-order valence-corrected chi connectivity index (χ0v) is 12.7. The van der Waals surface area contributed by atoms with Crippen molar-refractivity contribution in [3.05, 3.63) is 41.0 Å². The predicted molar refractivity (Wildman–Crippen MR) is 79.2 cm³/mol. The number of nitrogens with zero attached hydrogens (tertiary/aromatic N) is 4. The van der Waals surface area contributed by atoms with Crippen LogP contribution < -0.4 is 5.32 Å². The normalized spacial score (nSPS) is 17.6. The van der Waals surface area contributed by atoms with Gasteiger partial charge in [-0.3, -0.25) is 9.78 Å². The molecule has 1 N–H and O–H groups in total. The van der Waals surface area contributed by atoms with Gasteiger partial charge in [-0.2, -0.15) is 0 Å². The molecule has 0 radical (unpaired) electrons. The van der Waals surface area contributed by atoms with Crippen molar-refractivity contribution in [2.75, 3.05) is 13.2 Å². The number of aryl methyl sites for hydroxylation is 2. The second-order valence-corrected chi connectivity index (χ2v) is 5.65. The van der Waals surface area contributed by atoms with Gasteiger partial charge in [0.15, 0.2) is 0 Å². The summed E-state index contributed by atoms with van der Waals surface area (Å²) in [6, 6.07) is 1.82. The number of amides is 1. The van der Waals surface area contributed by atoms with Crippen LogP contribution in [0.2, 0.25) is 0 Å². The van der Waals surface area contributed by atoms with E-state index in [4.69, 9.17) is 4.74 Å². The van der Waals surface area contributed by atoms with E-state index in [1.165, 1.54) is 0 Å². The van der Waals surface area contributed by atoms with E-state index >= 15 is 0 Å².